The van der Waals surface area contributed by atoms with E-state index in [0.717, 1.165) is 45.3 Å². The van der Waals surface area contributed by atoms with Gasteiger partial charge < -0.3 is 23.7 Å². The number of unbranched alkanes of at least 4 members (excludes halogenated alkanes) is 1. The van der Waals surface area contributed by atoms with Gasteiger partial charge in [-0.2, -0.15) is 0 Å². The highest BCUT2D eigenvalue weighted by Gasteiger charge is 2.31. The lowest BCUT2D eigenvalue weighted by molar-refractivity contribution is -0.274. The molecule has 2 saturated heterocycles. The number of hydrogen-bond acceptors (Lipinski definition) is 5. The minimum Gasteiger partial charge on any atom is -0.406 e. The molecule has 1 aromatic carbocycles. The Bertz CT molecular complexity index is 633. The van der Waals surface area contributed by atoms with Crippen molar-refractivity contribution in [3.05, 3.63) is 42.5 Å². The first-order valence-electron chi connectivity index (χ1n) is 10.4. The Labute approximate surface area is 175 Å². The monoisotopic (exact) mass is 430 g/mol. The second-order valence-electron chi connectivity index (χ2n) is 7.74. The van der Waals surface area contributed by atoms with Crippen molar-refractivity contribution in [2.75, 3.05) is 26.4 Å². The van der Waals surface area contributed by atoms with Crippen LogP contribution in [0.15, 0.2) is 36.9 Å². The van der Waals surface area contributed by atoms with Crippen LogP contribution in [0.4, 0.5) is 13.2 Å². The first-order valence-corrected chi connectivity index (χ1v) is 10.4. The first-order chi connectivity index (χ1) is 14.4. The van der Waals surface area contributed by atoms with Crippen molar-refractivity contribution in [3.63, 3.8) is 0 Å². The molecule has 8 heteroatoms. The van der Waals surface area contributed by atoms with Crippen molar-refractivity contribution in [3.8, 4) is 5.75 Å². The highest BCUT2D eigenvalue weighted by atomic mass is 19.4. The number of allylic oxidation sites excluding steroid dienone is 1. The fourth-order valence-electron chi connectivity index (χ4n) is 3.57. The Morgan fingerprint density at radius 1 is 0.900 bits per heavy atom. The maximum absolute atomic E-state index is 12.2. The lowest BCUT2D eigenvalue weighted by Crippen LogP contribution is -2.33. The van der Waals surface area contributed by atoms with Crippen molar-refractivity contribution in [1.29, 1.82) is 0 Å². The number of ether oxygens (including phenoxy) is 5. The van der Waals surface area contributed by atoms with Gasteiger partial charge >= 0.3 is 6.36 Å². The van der Waals surface area contributed by atoms with Crippen LogP contribution in [0.25, 0.3) is 0 Å². The van der Waals surface area contributed by atoms with Gasteiger partial charge in [0.25, 0.3) is 0 Å². The lowest BCUT2D eigenvalue weighted by atomic mass is 10.0. The molecule has 2 fully saturated rings. The molecular weight excluding hydrogens is 401 g/mol. The first kappa shape index (κ1) is 23.1. The topological polar surface area (TPSA) is 46.2 Å². The van der Waals surface area contributed by atoms with E-state index in [0.29, 0.717) is 24.7 Å². The van der Waals surface area contributed by atoms with Crippen LogP contribution < -0.4 is 4.74 Å². The summed E-state index contributed by atoms with van der Waals surface area (Å²) in [6.45, 7) is 6.23. The zero-order chi connectivity index (χ0) is 21.4. The Morgan fingerprint density at radius 2 is 1.50 bits per heavy atom. The van der Waals surface area contributed by atoms with E-state index in [2.05, 4.69) is 11.3 Å². The summed E-state index contributed by atoms with van der Waals surface area (Å²) in [5.41, 5.74) is 0.657. The van der Waals surface area contributed by atoms with Crippen molar-refractivity contribution >= 4 is 0 Å². The molecule has 0 radical (unpaired) electrons. The van der Waals surface area contributed by atoms with E-state index < -0.39 is 12.7 Å². The van der Waals surface area contributed by atoms with Crippen LogP contribution >= 0.6 is 0 Å². The summed E-state index contributed by atoms with van der Waals surface area (Å²) in [4.78, 5) is 0. The van der Waals surface area contributed by atoms with E-state index in [9.17, 15) is 13.2 Å². The van der Waals surface area contributed by atoms with Gasteiger partial charge in [0.15, 0.2) is 12.6 Å². The van der Waals surface area contributed by atoms with Gasteiger partial charge in [0, 0.05) is 17.4 Å². The zero-order valence-electron chi connectivity index (χ0n) is 16.9. The molecule has 0 atom stereocenters. The van der Waals surface area contributed by atoms with E-state index in [4.69, 9.17) is 18.9 Å². The van der Waals surface area contributed by atoms with Crippen LogP contribution in [-0.2, 0) is 18.9 Å². The van der Waals surface area contributed by atoms with Crippen LogP contribution in [0, 0.1) is 11.8 Å². The molecule has 0 spiro atoms. The summed E-state index contributed by atoms with van der Waals surface area (Å²) in [7, 11) is 0. The fourth-order valence-corrected chi connectivity index (χ4v) is 3.57. The molecule has 0 saturated carbocycles. The van der Waals surface area contributed by atoms with Gasteiger partial charge in [-0.1, -0.05) is 18.2 Å². The van der Waals surface area contributed by atoms with Gasteiger partial charge in [0.2, 0.25) is 0 Å². The zero-order valence-corrected chi connectivity index (χ0v) is 16.9. The quantitative estimate of drug-likeness (QED) is 0.389. The minimum atomic E-state index is -4.70. The Balaban J connectivity index is 1.33. The predicted octanol–water partition coefficient (Wildman–Crippen LogP) is 5.37. The largest absolute Gasteiger partial charge is 0.573 e. The molecule has 3 rings (SSSR count). The standard InChI is InChI=1S/C22H29F3O5/c1-2-3-4-5-16-12-26-20(27-13-16)11-6-17-14-28-21(29-15-17)18-7-9-19(10-8-18)30-22(23,24)25/h2,7-10,16-17,20-21H,1,3-6,11-15H2/t16-,17-,20-,21-. The van der Waals surface area contributed by atoms with E-state index in [1.807, 2.05) is 6.08 Å². The molecule has 0 aromatic heterocycles. The highest BCUT2D eigenvalue weighted by molar-refractivity contribution is 5.28. The molecule has 0 amide bonds. The van der Waals surface area contributed by atoms with Crippen molar-refractivity contribution in [2.45, 2.75) is 51.0 Å². The summed E-state index contributed by atoms with van der Waals surface area (Å²) < 4.78 is 63.7. The average Bonchev–Trinajstić information content (AvgIpc) is 2.73. The average molecular weight is 430 g/mol. The smallest absolute Gasteiger partial charge is 0.406 e. The molecule has 5 nitrogen and oxygen atoms in total. The maximum Gasteiger partial charge on any atom is 0.573 e. The fraction of sp³-hybridized carbons (Fsp3) is 0.636. The van der Waals surface area contributed by atoms with Crippen LogP contribution in [0.2, 0.25) is 0 Å². The number of alkyl halides is 3. The third-order valence-electron chi connectivity index (χ3n) is 5.22. The summed E-state index contributed by atoms with van der Waals surface area (Å²) in [5, 5.41) is 0. The van der Waals surface area contributed by atoms with Crippen LogP contribution in [0.5, 0.6) is 5.75 Å². The molecule has 168 valence electrons. The second kappa shape index (κ2) is 11.1. The number of benzene rings is 1. The molecule has 30 heavy (non-hydrogen) atoms. The minimum absolute atomic E-state index is 0.181. The van der Waals surface area contributed by atoms with Gasteiger partial charge in [0.05, 0.1) is 26.4 Å². The van der Waals surface area contributed by atoms with Gasteiger partial charge in [-0.3, -0.25) is 0 Å². The molecule has 0 aliphatic carbocycles. The number of hydrogen-bond donors (Lipinski definition) is 0. The Hall–Kier alpha value is -1.61. The van der Waals surface area contributed by atoms with Crippen LogP contribution in [0.1, 0.15) is 44.0 Å². The highest BCUT2D eigenvalue weighted by Crippen LogP contribution is 2.30. The number of rotatable bonds is 9. The lowest BCUT2D eigenvalue weighted by Gasteiger charge is -2.32. The maximum atomic E-state index is 12.2. The van der Waals surface area contributed by atoms with Crippen molar-refractivity contribution in [1.82, 2.24) is 0 Å². The summed E-state index contributed by atoms with van der Waals surface area (Å²) in [6, 6.07) is 5.54. The molecule has 2 aliphatic rings. The Morgan fingerprint density at radius 3 is 2.10 bits per heavy atom. The Kier molecular flexibility index (Phi) is 8.56. The van der Waals surface area contributed by atoms with Crippen LogP contribution in [0.3, 0.4) is 0 Å². The molecule has 2 heterocycles. The van der Waals surface area contributed by atoms with E-state index in [1.54, 1.807) is 0 Å². The molecule has 2 aliphatic heterocycles. The molecule has 1 aromatic rings. The van der Waals surface area contributed by atoms with Gasteiger partial charge in [-0.25, -0.2) is 0 Å². The molecule has 0 bridgehead atoms. The SMILES string of the molecule is C=CCCC[C@H]1CO[C@H](CC[C@H]2CO[C@H](c3ccc(OC(F)(F)F)cc3)OC2)OC1. The van der Waals surface area contributed by atoms with E-state index in [-0.39, 0.29) is 18.0 Å². The van der Waals surface area contributed by atoms with Gasteiger partial charge in [-0.15, -0.1) is 19.8 Å². The predicted molar refractivity (Wildman–Crippen MR) is 104 cm³/mol. The number of halogens is 3. The van der Waals surface area contributed by atoms with Crippen LogP contribution in [-0.4, -0.2) is 39.1 Å². The van der Waals surface area contributed by atoms with Gasteiger partial charge in [0.1, 0.15) is 5.75 Å². The van der Waals surface area contributed by atoms with Gasteiger partial charge in [-0.05, 0) is 44.2 Å². The second-order valence-corrected chi connectivity index (χ2v) is 7.74. The van der Waals surface area contributed by atoms with Crippen molar-refractivity contribution < 1.29 is 36.9 Å². The molecule has 0 unspecified atom stereocenters. The van der Waals surface area contributed by atoms with Crippen molar-refractivity contribution in [2.24, 2.45) is 11.8 Å². The third-order valence-corrected chi connectivity index (χ3v) is 5.22. The summed E-state index contributed by atoms with van der Waals surface area (Å²) in [6.07, 6.45) is 1.33. The third kappa shape index (κ3) is 7.58. The summed E-state index contributed by atoms with van der Waals surface area (Å²) >= 11 is 0. The molecular formula is C22H29F3O5. The molecule has 0 N–H and O–H groups in total. The van der Waals surface area contributed by atoms with E-state index >= 15 is 0 Å². The van der Waals surface area contributed by atoms with E-state index in [1.165, 1.54) is 24.3 Å². The summed E-state index contributed by atoms with van der Waals surface area (Å²) in [5.74, 6) is 0.415. The normalized spacial score (nSPS) is 27.6.